The zero-order valence-corrected chi connectivity index (χ0v) is 16.8. The molecule has 3 heterocycles. The van der Waals surface area contributed by atoms with Crippen molar-refractivity contribution < 1.29 is 9.53 Å². The van der Waals surface area contributed by atoms with E-state index in [0.717, 1.165) is 34.8 Å². The first-order valence-corrected chi connectivity index (χ1v) is 10.4. The van der Waals surface area contributed by atoms with E-state index in [2.05, 4.69) is 30.7 Å². The predicted molar refractivity (Wildman–Crippen MR) is 107 cm³/mol. The zero-order valence-electron chi connectivity index (χ0n) is 15.2. The van der Waals surface area contributed by atoms with Crippen LogP contribution in [0, 0.1) is 0 Å². The molecule has 3 aromatic heterocycles. The van der Waals surface area contributed by atoms with E-state index in [9.17, 15) is 4.79 Å². The predicted octanol–water partition coefficient (Wildman–Crippen LogP) is 2.61. The van der Waals surface area contributed by atoms with Gasteiger partial charge in [0, 0.05) is 24.1 Å². The van der Waals surface area contributed by atoms with Crippen molar-refractivity contribution in [2.75, 3.05) is 18.2 Å². The van der Waals surface area contributed by atoms with Crippen molar-refractivity contribution in [3.8, 4) is 5.88 Å². The second kappa shape index (κ2) is 8.15. The molecule has 2 atom stereocenters. The van der Waals surface area contributed by atoms with E-state index < -0.39 is 0 Å². The van der Waals surface area contributed by atoms with E-state index in [4.69, 9.17) is 10.5 Å². The Kier molecular flexibility index (Phi) is 5.44. The number of nitrogens with zero attached hydrogens (tertiary/aromatic N) is 5. The van der Waals surface area contributed by atoms with Crippen LogP contribution in [0.5, 0.6) is 5.88 Å². The molecule has 0 bridgehead atoms. The van der Waals surface area contributed by atoms with Gasteiger partial charge in [-0.15, -0.1) is 20.4 Å². The van der Waals surface area contributed by atoms with Crippen molar-refractivity contribution in [3.05, 3.63) is 33.9 Å². The molecule has 3 aromatic rings. The minimum Gasteiger partial charge on any atom is -0.481 e. The number of amides is 1. The number of aromatic nitrogens is 5. The lowest BCUT2D eigenvalue weighted by Gasteiger charge is -2.05. The Morgan fingerprint density at radius 2 is 1.93 bits per heavy atom. The van der Waals surface area contributed by atoms with E-state index in [1.165, 1.54) is 22.7 Å². The maximum Gasteiger partial charge on any atom is 0.230 e. The van der Waals surface area contributed by atoms with E-state index in [1.54, 1.807) is 19.4 Å². The summed E-state index contributed by atoms with van der Waals surface area (Å²) < 4.78 is 5.02. The van der Waals surface area contributed by atoms with E-state index in [-0.39, 0.29) is 12.3 Å². The summed E-state index contributed by atoms with van der Waals surface area (Å²) in [6, 6.07) is 3.55. The number of methoxy groups -OCH3 is 1. The summed E-state index contributed by atoms with van der Waals surface area (Å²) in [5, 5.41) is 22.3. The summed E-state index contributed by atoms with van der Waals surface area (Å²) in [5.74, 6) is 1.06. The summed E-state index contributed by atoms with van der Waals surface area (Å²) in [6.07, 6.45) is 4.85. The Hall–Kier alpha value is -2.66. The molecule has 146 valence electrons. The topological polar surface area (TPSA) is 129 Å². The van der Waals surface area contributed by atoms with Crippen molar-refractivity contribution in [1.29, 1.82) is 0 Å². The van der Waals surface area contributed by atoms with Gasteiger partial charge in [0.1, 0.15) is 10.0 Å². The van der Waals surface area contributed by atoms with Gasteiger partial charge in [0.05, 0.1) is 13.5 Å². The zero-order chi connectivity index (χ0) is 19.5. The van der Waals surface area contributed by atoms with E-state index in [1.807, 2.05) is 6.07 Å². The number of nitrogens with two attached hydrogens (primary N) is 1. The molecular formula is C17H19N7O2S2. The van der Waals surface area contributed by atoms with Gasteiger partial charge in [0.2, 0.25) is 22.1 Å². The number of nitrogens with one attached hydrogen (secondary N) is 1. The molecule has 9 nitrogen and oxygen atoms in total. The van der Waals surface area contributed by atoms with Gasteiger partial charge >= 0.3 is 0 Å². The maximum absolute atomic E-state index is 12.2. The molecule has 0 aliphatic heterocycles. The first-order valence-electron chi connectivity index (χ1n) is 8.81. The molecule has 28 heavy (non-hydrogen) atoms. The van der Waals surface area contributed by atoms with Crippen molar-refractivity contribution in [3.63, 3.8) is 0 Å². The molecule has 0 saturated heterocycles. The molecular weight excluding hydrogens is 398 g/mol. The van der Waals surface area contributed by atoms with Crippen LogP contribution in [0.4, 0.5) is 10.3 Å². The van der Waals surface area contributed by atoms with Crippen LogP contribution < -0.4 is 15.8 Å². The number of hydrogen-bond donors (Lipinski definition) is 2. The second-order valence-corrected chi connectivity index (χ2v) is 8.61. The summed E-state index contributed by atoms with van der Waals surface area (Å²) in [7, 11) is 1.55. The summed E-state index contributed by atoms with van der Waals surface area (Å²) in [6.45, 7) is 0. The van der Waals surface area contributed by atoms with Gasteiger partial charge in [-0.1, -0.05) is 28.7 Å². The lowest BCUT2D eigenvalue weighted by atomic mass is 10.1. The highest BCUT2D eigenvalue weighted by Gasteiger charge is 2.31. The molecule has 1 aliphatic rings. The number of rotatable bonds is 6. The Balaban J connectivity index is 1.33. The van der Waals surface area contributed by atoms with Gasteiger partial charge in [-0.3, -0.25) is 4.79 Å². The Bertz CT molecular complexity index is 957. The molecule has 1 fully saturated rings. The van der Waals surface area contributed by atoms with Crippen LogP contribution >= 0.6 is 22.7 Å². The lowest BCUT2D eigenvalue weighted by molar-refractivity contribution is -0.115. The van der Waals surface area contributed by atoms with Gasteiger partial charge in [-0.25, -0.2) is 4.98 Å². The second-order valence-electron chi connectivity index (χ2n) is 6.56. The first-order chi connectivity index (χ1) is 13.6. The van der Waals surface area contributed by atoms with Crippen molar-refractivity contribution in [2.45, 2.75) is 37.5 Å². The number of ether oxygens (including phenoxy) is 1. The maximum atomic E-state index is 12.2. The van der Waals surface area contributed by atoms with Crippen LogP contribution in [0.3, 0.4) is 0 Å². The number of pyridine rings is 1. The average Bonchev–Trinajstić information content (AvgIpc) is 3.42. The number of carbonyl (C=O) groups is 1. The fourth-order valence-corrected chi connectivity index (χ4v) is 4.94. The van der Waals surface area contributed by atoms with Gasteiger partial charge in [-0.2, -0.15) is 0 Å². The summed E-state index contributed by atoms with van der Waals surface area (Å²) >= 11 is 2.88. The number of nitrogen functional groups attached to an aromatic ring is 1. The Morgan fingerprint density at radius 1 is 1.18 bits per heavy atom. The molecule has 2 unspecified atom stereocenters. The van der Waals surface area contributed by atoms with Gasteiger partial charge in [0.15, 0.2) is 0 Å². The van der Waals surface area contributed by atoms with Crippen LogP contribution in [0.1, 0.15) is 46.7 Å². The average molecular weight is 418 g/mol. The molecule has 0 spiro atoms. The standard InChI is InChI=1S/C17H19N7O2S2/c1-26-13-5-2-9(8-19-13)6-12(25)20-17-24-22-15(28-17)11-4-3-10(7-11)14-21-23-16(18)27-14/h2,5,8,10-11H,3-4,6-7H2,1H3,(H2,18,23)(H,20,24,25). The smallest absolute Gasteiger partial charge is 0.230 e. The summed E-state index contributed by atoms with van der Waals surface area (Å²) in [4.78, 5) is 16.4. The number of anilines is 2. The van der Waals surface area contributed by atoms with Gasteiger partial charge in [-0.05, 0) is 24.8 Å². The van der Waals surface area contributed by atoms with Crippen LogP contribution in [0.25, 0.3) is 0 Å². The molecule has 1 amide bonds. The van der Waals surface area contributed by atoms with Gasteiger partial charge in [0.25, 0.3) is 0 Å². The molecule has 0 aromatic carbocycles. The fraction of sp³-hybridized carbons (Fsp3) is 0.412. The van der Waals surface area contributed by atoms with E-state index >= 15 is 0 Å². The molecule has 0 radical (unpaired) electrons. The largest absolute Gasteiger partial charge is 0.481 e. The number of carbonyl (C=O) groups excluding carboxylic acids is 1. The summed E-state index contributed by atoms with van der Waals surface area (Å²) in [5.41, 5.74) is 6.49. The third kappa shape index (κ3) is 4.25. The third-order valence-corrected chi connectivity index (χ3v) is 6.56. The monoisotopic (exact) mass is 417 g/mol. The molecule has 3 N–H and O–H groups in total. The molecule has 1 aliphatic carbocycles. The molecule has 1 saturated carbocycles. The lowest BCUT2D eigenvalue weighted by Crippen LogP contribution is -2.14. The molecule has 4 rings (SSSR count). The highest BCUT2D eigenvalue weighted by Crippen LogP contribution is 2.45. The normalized spacial score (nSPS) is 18.9. The first kappa shape index (κ1) is 18.7. The quantitative estimate of drug-likeness (QED) is 0.626. The SMILES string of the molecule is COc1ccc(CC(=O)Nc2nnc(C3CCC(c4nnc(N)s4)C3)s2)cn1. The number of hydrogen-bond acceptors (Lipinski definition) is 10. The van der Waals surface area contributed by atoms with Crippen LogP contribution in [0.2, 0.25) is 0 Å². The van der Waals surface area contributed by atoms with Crippen LogP contribution in [-0.2, 0) is 11.2 Å². The highest BCUT2D eigenvalue weighted by molar-refractivity contribution is 7.15. The fourth-order valence-electron chi connectivity index (χ4n) is 3.28. The van der Waals surface area contributed by atoms with Crippen molar-refractivity contribution in [1.82, 2.24) is 25.4 Å². The molecule has 11 heteroatoms. The minimum absolute atomic E-state index is 0.150. The van der Waals surface area contributed by atoms with Crippen LogP contribution in [-0.4, -0.2) is 38.4 Å². The Morgan fingerprint density at radius 3 is 2.57 bits per heavy atom. The third-order valence-electron chi connectivity index (χ3n) is 4.65. The van der Waals surface area contributed by atoms with Crippen molar-refractivity contribution in [2.24, 2.45) is 0 Å². The van der Waals surface area contributed by atoms with Crippen molar-refractivity contribution >= 4 is 38.8 Å². The highest BCUT2D eigenvalue weighted by atomic mass is 32.1. The minimum atomic E-state index is -0.150. The van der Waals surface area contributed by atoms with E-state index in [0.29, 0.717) is 28.0 Å². The van der Waals surface area contributed by atoms with Crippen LogP contribution in [0.15, 0.2) is 18.3 Å². The Labute approximate surface area is 169 Å². The van der Waals surface area contributed by atoms with Gasteiger partial charge < -0.3 is 15.8 Å².